The Kier molecular flexibility index (Phi) is 6.86. The zero-order valence-electron chi connectivity index (χ0n) is 15.3. The monoisotopic (exact) mass is 346 g/mol. The van der Waals surface area contributed by atoms with Crippen molar-refractivity contribution in [3.8, 4) is 11.5 Å². The van der Waals surface area contributed by atoms with Crippen molar-refractivity contribution in [3.63, 3.8) is 0 Å². The summed E-state index contributed by atoms with van der Waals surface area (Å²) in [4.78, 5) is 12.3. The number of benzene rings is 1. The molecule has 0 bridgehead atoms. The zero-order chi connectivity index (χ0) is 18.2. The summed E-state index contributed by atoms with van der Waals surface area (Å²) in [7, 11) is 0. The predicted octanol–water partition coefficient (Wildman–Crippen LogP) is 3.32. The molecule has 1 aromatic carbocycles. The van der Waals surface area contributed by atoms with Gasteiger partial charge >= 0.3 is 0 Å². The molecule has 1 heterocycles. The third kappa shape index (κ3) is 4.75. The maximum absolute atomic E-state index is 12.3. The van der Waals surface area contributed by atoms with Gasteiger partial charge in [0.1, 0.15) is 11.3 Å². The number of nitrogens with zero attached hydrogens (tertiary/aromatic N) is 1. The highest BCUT2D eigenvalue weighted by molar-refractivity contribution is 5.96. The molecular weight excluding hydrogens is 320 g/mol. The first-order valence-corrected chi connectivity index (χ1v) is 8.72. The SMILES string of the molecule is CCOc1ccc(CCNC(=O)c2c(C)noc2CC)cc1OCC. The van der Waals surface area contributed by atoms with E-state index >= 15 is 0 Å². The van der Waals surface area contributed by atoms with Crippen LogP contribution in [0.1, 0.15) is 48.1 Å². The second kappa shape index (κ2) is 9.11. The average molecular weight is 346 g/mol. The molecule has 25 heavy (non-hydrogen) atoms. The van der Waals surface area contributed by atoms with E-state index in [1.165, 1.54) is 0 Å². The molecule has 0 saturated heterocycles. The molecule has 0 aliphatic rings. The second-order valence-electron chi connectivity index (χ2n) is 5.57. The van der Waals surface area contributed by atoms with Crippen LogP contribution in [0, 0.1) is 6.92 Å². The Bertz CT molecular complexity index is 709. The van der Waals surface area contributed by atoms with E-state index in [2.05, 4.69) is 10.5 Å². The molecule has 2 aromatic rings. The molecule has 0 spiro atoms. The number of aromatic nitrogens is 1. The summed E-state index contributed by atoms with van der Waals surface area (Å²) in [6.45, 7) is 9.28. The van der Waals surface area contributed by atoms with Crippen molar-refractivity contribution < 1.29 is 18.8 Å². The van der Waals surface area contributed by atoms with Crippen LogP contribution < -0.4 is 14.8 Å². The maximum atomic E-state index is 12.3. The minimum atomic E-state index is -0.147. The Hall–Kier alpha value is -2.50. The summed E-state index contributed by atoms with van der Waals surface area (Å²) in [5.74, 6) is 1.95. The predicted molar refractivity (Wildman–Crippen MR) is 95.4 cm³/mol. The van der Waals surface area contributed by atoms with Crippen LogP contribution in [0.15, 0.2) is 22.7 Å². The van der Waals surface area contributed by atoms with Crippen molar-refractivity contribution in [2.45, 2.75) is 40.5 Å². The van der Waals surface area contributed by atoms with E-state index in [4.69, 9.17) is 14.0 Å². The molecular formula is C19H26N2O4. The van der Waals surface area contributed by atoms with Crippen LogP contribution in [-0.4, -0.2) is 30.8 Å². The minimum absolute atomic E-state index is 0.147. The molecule has 1 amide bonds. The van der Waals surface area contributed by atoms with Crippen molar-refractivity contribution in [1.82, 2.24) is 10.5 Å². The first-order chi connectivity index (χ1) is 12.1. The fourth-order valence-electron chi connectivity index (χ4n) is 2.61. The lowest BCUT2D eigenvalue weighted by Crippen LogP contribution is -2.26. The van der Waals surface area contributed by atoms with E-state index in [1.807, 2.05) is 39.0 Å². The van der Waals surface area contributed by atoms with Gasteiger partial charge in [0.05, 0.1) is 18.9 Å². The molecule has 6 heteroatoms. The fourth-order valence-corrected chi connectivity index (χ4v) is 2.61. The number of carbonyl (C=O) groups excluding carboxylic acids is 1. The Balaban J connectivity index is 1.98. The molecule has 136 valence electrons. The van der Waals surface area contributed by atoms with Crippen LogP contribution >= 0.6 is 0 Å². The number of amides is 1. The molecule has 6 nitrogen and oxygen atoms in total. The van der Waals surface area contributed by atoms with Gasteiger partial charge in [-0.15, -0.1) is 0 Å². The Morgan fingerprint density at radius 3 is 2.56 bits per heavy atom. The van der Waals surface area contributed by atoms with Crippen LogP contribution in [0.25, 0.3) is 0 Å². The van der Waals surface area contributed by atoms with Gasteiger partial charge in [-0.3, -0.25) is 4.79 Å². The molecule has 0 saturated carbocycles. The number of carbonyl (C=O) groups is 1. The third-order valence-corrected chi connectivity index (χ3v) is 3.79. The highest BCUT2D eigenvalue weighted by Crippen LogP contribution is 2.28. The molecule has 0 aliphatic heterocycles. The van der Waals surface area contributed by atoms with Crippen molar-refractivity contribution >= 4 is 5.91 Å². The lowest BCUT2D eigenvalue weighted by Gasteiger charge is -2.12. The summed E-state index contributed by atoms with van der Waals surface area (Å²) >= 11 is 0. The van der Waals surface area contributed by atoms with E-state index in [0.717, 1.165) is 17.1 Å². The third-order valence-electron chi connectivity index (χ3n) is 3.79. The van der Waals surface area contributed by atoms with Gasteiger partial charge in [0.2, 0.25) is 0 Å². The molecule has 1 N–H and O–H groups in total. The topological polar surface area (TPSA) is 73.6 Å². The van der Waals surface area contributed by atoms with E-state index < -0.39 is 0 Å². The average Bonchev–Trinajstić information content (AvgIpc) is 2.98. The highest BCUT2D eigenvalue weighted by atomic mass is 16.5. The lowest BCUT2D eigenvalue weighted by molar-refractivity contribution is 0.0951. The van der Waals surface area contributed by atoms with Crippen molar-refractivity contribution in [3.05, 3.63) is 40.8 Å². The van der Waals surface area contributed by atoms with Crippen molar-refractivity contribution in [2.24, 2.45) is 0 Å². The van der Waals surface area contributed by atoms with Gasteiger partial charge in [0.15, 0.2) is 11.5 Å². The first kappa shape index (κ1) is 18.8. The summed E-state index contributed by atoms with van der Waals surface area (Å²) in [6, 6.07) is 5.86. The summed E-state index contributed by atoms with van der Waals surface area (Å²) in [6.07, 6.45) is 1.34. The lowest BCUT2D eigenvalue weighted by atomic mass is 10.1. The number of ether oxygens (including phenoxy) is 2. The number of rotatable bonds is 9. The van der Waals surface area contributed by atoms with Gasteiger partial charge in [-0.2, -0.15) is 0 Å². The molecule has 2 rings (SSSR count). The normalized spacial score (nSPS) is 10.6. The van der Waals surface area contributed by atoms with Crippen LogP contribution in [0.4, 0.5) is 0 Å². The van der Waals surface area contributed by atoms with E-state index in [0.29, 0.717) is 49.6 Å². The molecule has 0 atom stereocenters. The fraction of sp³-hybridized carbons (Fsp3) is 0.474. The first-order valence-electron chi connectivity index (χ1n) is 8.72. The zero-order valence-corrected chi connectivity index (χ0v) is 15.3. The molecule has 0 fully saturated rings. The van der Waals surface area contributed by atoms with Crippen molar-refractivity contribution in [1.29, 1.82) is 0 Å². The van der Waals surface area contributed by atoms with Crippen LogP contribution in [0.2, 0.25) is 0 Å². The molecule has 0 radical (unpaired) electrons. The smallest absolute Gasteiger partial charge is 0.256 e. The van der Waals surface area contributed by atoms with Gasteiger partial charge in [-0.05, 0) is 44.9 Å². The van der Waals surface area contributed by atoms with Gasteiger partial charge < -0.3 is 19.3 Å². The van der Waals surface area contributed by atoms with Crippen LogP contribution in [0.5, 0.6) is 11.5 Å². The van der Waals surface area contributed by atoms with E-state index in [9.17, 15) is 4.79 Å². The quantitative estimate of drug-likeness (QED) is 0.754. The van der Waals surface area contributed by atoms with E-state index in [-0.39, 0.29) is 5.91 Å². The minimum Gasteiger partial charge on any atom is -0.490 e. The van der Waals surface area contributed by atoms with Gasteiger partial charge in [-0.25, -0.2) is 0 Å². The summed E-state index contributed by atoms with van der Waals surface area (Å²) < 4.78 is 16.4. The number of nitrogens with one attached hydrogen (secondary N) is 1. The van der Waals surface area contributed by atoms with Crippen LogP contribution in [-0.2, 0) is 12.8 Å². The maximum Gasteiger partial charge on any atom is 0.256 e. The highest BCUT2D eigenvalue weighted by Gasteiger charge is 2.18. The molecule has 0 aliphatic carbocycles. The van der Waals surface area contributed by atoms with Gasteiger partial charge in [-0.1, -0.05) is 18.1 Å². The van der Waals surface area contributed by atoms with Crippen LogP contribution in [0.3, 0.4) is 0 Å². The summed E-state index contributed by atoms with van der Waals surface area (Å²) in [5, 5.41) is 6.80. The second-order valence-corrected chi connectivity index (χ2v) is 5.57. The molecule has 0 unspecified atom stereocenters. The van der Waals surface area contributed by atoms with E-state index in [1.54, 1.807) is 6.92 Å². The Labute approximate surface area is 148 Å². The Morgan fingerprint density at radius 1 is 1.16 bits per heavy atom. The summed E-state index contributed by atoms with van der Waals surface area (Å²) in [5.41, 5.74) is 2.24. The largest absolute Gasteiger partial charge is 0.490 e. The standard InChI is InChI=1S/C19H26N2O4/c1-5-15-18(13(4)21-25-15)19(22)20-11-10-14-8-9-16(23-6-2)17(12-14)24-7-3/h8-9,12H,5-7,10-11H2,1-4H3,(H,20,22). The number of aryl methyl sites for hydroxylation is 2. The number of hydrogen-bond acceptors (Lipinski definition) is 5. The van der Waals surface area contributed by atoms with Crippen molar-refractivity contribution in [2.75, 3.05) is 19.8 Å². The van der Waals surface area contributed by atoms with Gasteiger partial charge in [0, 0.05) is 13.0 Å². The van der Waals surface area contributed by atoms with Gasteiger partial charge in [0.25, 0.3) is 5.91 Å². The number of hydrogen-bond donors (Lipinski definition) is 1. The Morgan fingerprint density at radius 2 is 1.88 bits per heavy atom. The molecule has 1 aromatic heterocycles.